The molecule has 2 aliphatic rings. The van der Waals surface area contributed by atoms with E-state index < -0.39 is 0 Å². The normalized spacial score (nSPS) is 11.6. The molecule has 0 N–H and O–H groups in total. The first-order valence-electron chi connectivity index (χ1n) is 9.44. The van der Waals surface area contributed by atoms with Gasteiger partial charge in [-0.15, -0.1) is 17.5 Å². The summed E-state index contributed by atoms with van der Waals surface area (Å²) >= 11 is 2.19. The summed E-state index contributed by atoms with van der Waals surface area (Å²) in [7, 11) is 0. The van der Waals surface area contributed by atoms with E-state index in [1.807, 2.05) is 12.2 Å². The zero-order chi connectivity index (χ0) is 18.9. The van der Waals surface area contributed by atoms with Crippen LogP contribution in [0.25, 0.3) is 11.1 Å². The number of benzene rings is 2. The van der Waals surface area contributed by atoms with Crippen molar-refractivity contribution in [3.63, 3.8) is 0 Å². The Labute approximate surface area is 195 Å². The molecule has 3 heteroatoms. The Bertz CT molecular complexity index is 754. The van der Waals surface area contributed by atoms with Crippen LogP contribution in [-0.4, -0.2) is 3.81 Å². The van der Waals surface area contributed by atoms with Gasteiger partial charge in [0, 0.05) is 0 Å². The van der Waals surface area contributed by atoms with Gasteiger partial charge in [-0.3, -0.25) is 6.08 Å². The Kier molecular flexibility index (Phi) is 13.7. The van der Waals surface area contributed by atoms with E-state index in [1.54, 1.807) is 3.81 Å². The Hall–Kier alpha value is -0.916. The molecule has 0 amide bonds. The molecular formula is C25H28Cl2Ti-2. The zero-order valence-electron chi connectivity index (χ0n) is 17.2. The van der Waals surface area contributed by atoms with E-state index in [1.165, 1.54) is 46.2 Å². The Morgan fingerprint density at radius 2 is 1.68 bits per heavy atom. The summed E-state index contributed by atoms with van der Waals surface area (Å²) < 4.78 is 1.59. The second-order valence-electron chi connectivity index (χ2n) is 6.68. The van der Waals surface area contributed by atoms with E-state index >= 15 is 0 Å². The summed E-state index contributed by atoms with van der Waals surface area (Å²) in [5, 5.41) is 0. The molecule has 0 nitrogen and oxygen atoms in total. The van der Waals surface area contributed by atoms with Crippen LogP contribution in [0.2, 0.25) is 0 Å². The van der Waals surface area contributed by atoms with Gasteiger partial charge in [0.2, 0.25) is 0 Å². The summed E-state index contributed by atoms with van der Waals surface area (Å²) in [4.78, 5) is 0. The summed E-state index contributed by atoms with van der Waals surface area (Å²) in [5.74, 6) is 0. The molecule has 4 rings (SSSR count). The number of aryl methyl sites for hydroxylation is 2. The topological polar surface area (TPSA) is 0 Å². The van der Waals surface area contributed by atoms with E-state index in [9.17, 15) is 0 Å². The molecular weight excluding hydrogens is 419 g/mol. The molecule has 0 fully saturated rings. The quantitative estimate of drug-likeness (QED) is 0.397. The van der Waals surface area contributed by atoms with Gasteiger partial charge in [-0.05, 0) is 18.9 Å². The van der Waals surface area contributed by atoms with Gasteiger partial charge < -0.3 is 24.8 Å². The molecule has 28 heavy (non-hydrogen) atoms. The van der Waals surface area contributed by atoms with Crippen LogP contribution in [0.15, 0.2) is 48.6 Å². The van der Waals surface area contributed by atoms with Crippen LogP contribution < -0.4 is 24.8 Å². The van der Waals surface area contributed by atoms with Crippen LogP contribution in [0, 0.1) is 26.0 Å². The molecule has 148 valence electrons. The van der Waals surface area contributed by atoms with Gasteiger partial charge in [-0.25, -0.2) is 12.2 Å². The first-order valence-corrected chi connectivity index (χ1v) is 10.2. The van der Waals surface area contributed by atoms with Gasteiger partial charge in [0.1, 0.15) is 0 Å². The molecule has 0 aromatic heterocycles. The number of rotatable bonds is 2. The van der Waals surface area contributed by atoms with Gasteiger partial charge in [0.25, 0.3) is 0 Å². The predicted molar refractivity (Wildman–Crippen MR) is 110 cm³/mol. The molecule has 0 aliphatic heterocycles. The summed E-state index contributed by atoms with van der Waals surface area (Å²) in [6.45, 7) is 8.64. The summed E-state index contributed by atoms with van der Waals surface area (Å²) in [5.41, 5.74) is 8.15. The predicted octanol–water partition coefficient (Wildman–Crippen LogP) is 0.514. The fourth-order valence-corrected chi connectivity index (χ4v) is 2.96. The van der Waals surface area contributed by atoms with Crippen LogP contribution in [0.5, 0.6) is 0 Å². The molecule has 2 aliphatic carbocycles. The maximum atomic E-state index is 3.45. The smallest absolute Gasteiger partial charge is 0.0253 e. The van der Waals surface area contributed by atoms with Gasteiger partial charge in [0.05, 0.1) is 0 Å². The number of fused-ring (bicyclic) bond motifs is 3. The van der Waals surface area contributed by atoms with E-state index in [0.717, 1.165) is 12.8 Å². The van der Waals surface area contributed by atoms with Crippen molar-refractivity contribution >= 4 is 3.81 Å². The van der Waals surface area contributed by atoms with E-state index in [-0.39, 0.29) is 24.8 Å². The summed E-state index contributed by atoms with van der Waals surface area (Å²) in [6, 6.07) is 14.5. The summed E-state index contributed by atoms with van der Waals surface area (Å²) in [6.07, 6.45) is 13.5. The van der Waals surface area contributed by atoms with Crippen molar-refractivity contribution in [2.75, 3.05) is 0 Å². The third-order valence-electron chi connectivity index (χ3n) is 4.53. The minimum absolute atomic E-state index is 0. The van der Waals surface area contributed by atoms with Gasteiger partial charge in [0.15, 0.2) is 0 Å². The van der Waals surface area contributed by atoms with Crippen molar-refractivity contribution < 1.29 is 44.8 Å². The van der Waals surface area contributed by atoms with Crippen molar-refractivity contribution in [2.45, 2.75) is 53.4 Å². The molecule has 0 saturated carbocycles. The molecule has 0 saturated heterocycles. The van der Waals surface area contributed by atoms with Gasteiger partial charge in [-0.1, -0.05) is 36.2 Å². The standard InChI is InChI=1S/C15H13.C5H5.C5H10.2ClH.Ti/c1-10-3-5-14-12(7-10)9-13-8-11(2)4-6-15(13)14;1-2-4-5-3-1;1-3-5-4-2;;;/h3-7H,9H2,1-2H3;1-3H,4H2;3-4H2,1-2H3;2*1H;/q2*-1;;;;+2/p-2. The van der Waals surface area contributed by atoms with Gasteiger partial charge >= 0.3 is 50.5 Å². The SMILES string of the molecule is CC[C](=[Ti+2])CC.Cc1[c-]c2c(cc1)-c1ccc(C)cc1C2.[C-]1=CC=CC1.[Cl-].[Cl-]. The van der Waals surface area contributed by atoms with Crippen molar-refractivity contribution in [3.8, 4) is 11.1 Å². The van der Waals surface area contributed by atoms with Gasteiger partial charge in [-0.2, -0.15) is 29.8 Å². The number of hydrogen-bond donors (Lipinski definition) is 0. The Balaban J connectivity index is 0.000000473. The van der Waals surface area contributed by atoms with E-state index in [0.29, 0.717) is 0 Å². The van der Waals surface area contributed by atoms with Crippen molar-refractivity contribution in [1.82, 2.24) is 0 Å². The molecule has 0 atom stereocenters. The maximum Gasteiger partial charge on any atom is -0.0253 e. The Morgan fingerprint density at radius 3 is 2.18 bits per heavy atom. The molecule has 0 unspecified atom stereocenters. The van der Waals surface area contributed by atoms with E-state index in [2.05, 4.69) is 96.2 Å². The average Bonchev–Trinajstić information content (AvgIpc) is 3.31. The molecule has 0 spiro atoms. The van der Waals surface area contributed by atoms with Crippen LogP contribution in [-0.2, 0) is 26.4 Å². The van der Waals surface area contributed by atoms with E-state index in [4.69, 9.17) is 0 Å². The fourth-order valence-electron chi connectivity index (χ4n) is 2.96. The van der Waals surface area contributed by atoms with Crippen molar-refractivity contribution in [2.24, 2.45) is 0 Å². The fraction of sp³-hybridized carbons (Fsp3) is 0.320. The minimum atomic E-state index is 0. The molecule has 2 aromatic carbocycles. The molecule has 2 aromatic rings. The van der Waals surface area contributed by atoms with Crippen LogP contribution in [0.3, 0.4) is 0 Å². The number of hydrogen-bond acceptors (Lipinski definition) is 0. The first-order chi connectivity index (χ1) is 12.5. The third-order valence-corrected chi connectivity index (χ3v) is 5.63. The monoisotopic (exact) mass is 446 g/mol. The number of allylic oxidation sites excluding steroid dienone is 4. The Morgan fingerprint density at radius 1 is 1.00 bits per heavy atom. The van der Waals surface area contributed by atoms with Crippen LogP contribution >= 0.6 is 0 Å². The van der Waals surface area contributed by atoms with Crippen molar-refractivity contribution in [3.05, 3.63) is 83.0 Å². The third kappa shape index (κ3) is 8.22. The minimum Gasteiger partial charge on any atom is -1.00 e. The van der Waals surface area contributed by atoms with Crippen LogP contribution in [0.1, 0.15) is 55.4 Å². The zero-order valence-corrected chi connectivity index (χ0v) is 20.3. The molecule has 0 heterocycles. The van der Waals surface area contributed by atoms with Crippen molar-refractivity contribution in [1.29, 1.82) is 0 Å². The maximum absolute atomic E-state index is 3.45. The first kappa shape index (κ1) is 27.1. The molecule has 0 radical (unpaired) electrons. The second kappa shape index (κ2) is 14.1. The van der Waals surface area contributed by atoms with Crippen LogP contribution in [0.4, 0.5) is 0 Å². The largest absolute Gasteiger partial charge is 1.00 e. The molecule has 0 bridgehead atoms. The number of halogens is 2. The second-order valence-corrected chi connectivity index (χ2v) is 7.79. The average molecular weight is 447 g/mol.